The van der Waals surface area contributed by atoms with Crippen molar-refractivity contribution in [1.82, 2.24) is 8.61 Å². The second kappa shape index (κ2) is 6.89. The van der Waals surface area contributed by atoms with Gasteiger partial charge in [0.25, 0.3) is 0 Å². The van der Waals surface area contributed by atoms with Crippen LogP contribution in [0.3, 0.4) is 0 Å². The predicted octanol–water partition coefficient (Wildman–Crippen LogP) is 2.18. The van der Waals surface area contributed by atoms with Crippen molar-refractivity contribution in [3.05, 3.63) is 0 Å². The average Bonchev–Trinajstić information content (AvgIpc) is 3.18. The quantitative estimate of drug-likeness (QED) is 0.261. The first kappa shape index (κ1) is 15.2. The summed E-state index contributed by atoms with van der Waals surface area (Å²) >= 11 is 2.40. The summed E-state index contributed by atoms with van der Waals surface area (Å²) < 4.78 is 2.68. The van der Waals surface area contributed by atoms with E-state index in [0.717, 1.165) is 25.0 Å². The van der Waals surface area contributed by atoms with Crippen LogP contribution in [0.1, 0.15) is 19.8 Å². The Morgan fingerprint density at radius 3 is 2.39 bits per heavy atom. The Balaban J connectivity index is 2.36. The first-order chi connectivity index (χ1) is 8.45. The zero-order valence-corrected chi connectivity index (χ0v) is 12.5. The molecule has 18 heavy (non-hydrogen) atoms. The van der Waals surface area contributed by atoms with Crippen LogP contribution in [0.5, 0.6) is 0 Å². The molecular weight excluding hydrogens is 274 g/mol. The number of hydrogen-bond acceptors (Lipinski definition) is 6. The SMILES string of the molecule is CS/C(C)=N\OC(=O)N(C)SN(C)C(=O)C1CC1. The van der Waals surface area contributed by atoms with Gasteiger partial charge in [-0.05, 0) is 26.0 Å². The summed E-state index contributed by atoms with van der Waals surface area (Å²) in [6, 6.07) is 0. The Labute approximate surface area is 115 Å². The van der Waals surface area contributed by atoms with Crippen LogP contribution >= 0.6 is 23.9 Å². The molecule has 0 bridgehead atoms. The maximum Gasteiger partial charge on any atom is 0.447 e. The highest BCUT2D eigenvalue weighted by Gasteiger charge is 2.33. The maximum atomic E-state index is 11.7. The minimum Gasteiger partial charge on any atom is -0.296 e. The van der Waals surface area contributed by atoms with Crippen molar-refractivity contribution in [2.45, 2.75) is 19.8 Å². The molecule has 6 nitrogen and oxygen atoms in total. The highest BCUT2D eigenvalue weighted by molar-refractivity contribution is 8.13. The lowest BCUT2D eigenvalue weighted by Gasteiger charge is -2.20. The number of carbonyl (C=O) groups is 2. The van der Waals surface area contributed by atoms with Crippen molar-refractivity contribution < 1.29 is 14.4 Å². The zero-order chi connectivity index (χ0) is 13.7. The van der Waals surface area contributed by atoms with Crippen LogP contribution in [0.15, 0.2) is 5.16 Å². The van der Waals surface area contributed by atoms with Crippen LogP contribution in [0.2, 0.25) is 0 Å². The second-order valence-corrected chi connectivity index (χ2v) is 6.12. The molecule has 0 spiro atoms. The first-order valence-corrected chi connectivity index (χ1v) is 7.40. The van der Waals surface area contributed by atoms with E-state index in [0.29, 0.717) is 5.04 Å². The summed E-state index contributed by atoms with van der Waals surface area (Å²) in [4.78, 5) is 27.9. The van der Waals surface area contributed by atoms with Gasteiger partial charge in [-0.1, -0.05) is 5.16 Å². The lowest BCUT2D eigenvalue weighted by molar-refractivity contribution is -0.126. The molecule has 1 saturated carbocycles. The van der Waals surface area contributed by atoms with Crippen LogP contribution in [-0.2, 0) is 9.63 Å². The summed E-state index contributed by atoms with van der Waals surface area (Å²) in [7, 11) is 3.18. The number of hydrogen-bond donors (Lipinski definition) is 0. The summed E-state index contributed by atoms with van der Waals surface area (Å²) in [5.74, 6) is 0.173. The summed E-state index contributed by atoms with van der Waals surface area (Å²) in [5.41, 5.74) is 0. The molecule has 0 aliphatic heterocycles. The van der Waals surface area contributed by atoms with E-state index in [1.165, 1.54) is 27.4 Å². The second-order valence-electron chi connectivity index (χ2n) is 3.86. The molecule has 1 fully saturated rings. The fourth-order valence-electron chi connectivity index (χ4n) is 1.04. The van der Waals surface area contributed by atoms with Crippen LogP contribution < -0.4 is 0 Å². The van der Waals surface area contributed by atoms with Crippen molar-refractivity contribution in [3.63, 3.8) is 0 Å². The smallest absolute Gasteiger partial charge is 0.296 e. The zero-order valence-electron chi connectivity index (χ0n) is 10.9. The van der Waals surface area contributed by atoms with E-state index in [1.54, 1.807) is 14.0 Å². The van der Waals surface area contributed by atoms with E-state index in [4.69, 9.17) is 4.84 Å². The fourth-order valence-corrected chi connectivity index (χ4v) is 1.85. The number of amides is 2. The Hall–Kier alpha value is -0.890. The van der Waals surface area contributed by atoms with Gasteiger partial charge in [0.15, 0.2) is 0 Å². The lowest BCUT2D eigenvalue weighted by Crippen LogP contribution is -2.29. The van der Waals surface area contributed by atoms with Crippen LogP contribution in [0.4, 0.5) is 4.79 Å². The van der Waals surface area contributed by atoms with E-state index in [1.807, 2.05) is 6.26 Å². The normalized spacial score (nSPS) is 15.2. The van der Waals surface area contributed by atoms with Crippen LogP contribution in [-0.4, -0.2) is 46.0 Å². The number of carbonyl (C=O) groups excluding carboxylic acids is 2. The van der Waals surface area contributed by atoms with Crippen molar-refractivity contribution in [2.24, 2.45) is 11.1 Å². The van der Waals surface area contributed by atoms with Gasteiger partial charge in [-0.15, -0.1) is 11.8 Å². The minimum absolute atomic E-state index is 0.0449. The van der Waals surface area contributed by atoms with Crippen LogP contribution in [0, 0.1) is 5.92 Å². The number of nitrogens with zero attached hydrogens (tertiary/aromatic N) is 3. The molecule has 8 heteroatoms. The third kappa shape index (κ3) is 4.77. The van der Waals surface area contributed by atoms with E-state index < -0.39 is 6.09 Å². The number of oxime groups is 1. The van der Waals surface area contributed by atoms with Gasteiger partial charge in [0.1, 0.15) is 5.04 Å². The van der Waals surface area contributed by atoms with Crippen molar-refractivity contribution in [2.75, 3.05) is 20.4 Å². The standard InChI is InChI=1S/C10H17N3O3S2/c1-7(17-4)11-16-10(15)13(3)18-12(2)9(14)8-5-6-8/h8H,5-6H2,1-4H3/b11-7-. The van der Waals surface area contributed by atoms with Crippen molar-refractivity contribution >= 4 is 40.9 Å². The molecule has 0 heterocycles. The number of thioether (sulfide) groups is 1. The third-order valence-corrected chi connectivity index (χ3v) is 3.77. The predicted molar refractivity (Wildman–Crippen MR) is 74.0 cm³/mol. The Morgan fingerprint density at radius 1 is 1.28 bits per heavy atom. The lowest BCUT2D eigenvalue weighted by atomic mass is 10.4. The molecule has 2 amide bonds. The van der Waals surface area contributed by atoms with Gasteiger partial charge in [-0.2, -0.15) is 0 Å². The average molecular weight is 291 g/mol. The molecule has 0 radical (unpaired) electrons. The molecule has 1 aliphatic rings. The first-order valence-electron chi connectivity index (χ1n) is 5.44. The van der Waals surface area contributed by atoms with Gasteiger partial charge in [0.05, 0.1) is 12.1 Å². The molecule has 0 unspecified atom stereocenters. The fraction of sp³-hybridized carbons (Fsp3) is 0.700. The topological polar surface area (TPSA) is 62.2 Å². The molecule has 0 N–H and O–H groups in total. The molecule has 102 valence electrons. The largest absolute Gasteiger partial charge is 0.447 e. The van der Waals surface area contributed by atoms with E-state index >= 15 is 0 Å². The van der Waals surface area contributed by atoms with Gasteiger partial charge in [0.2, 0.25) is 5.91 Å². The van der Waals surface area contributed by atoms with Gasteiger partial charge in [0, 0.05) is 20.0 Å². The number of rotatable bonds is 4. The Morgan fingerprint density at radius 2 is 1.89 bits per heavy atom. The Kier molecular flexibility index (Phi) is 5.80. The third-order valence-electron chi connectivity index (χ3n) is 2.29. The monoisotopic (exact) mass is 291 g/mol. The van der Waals surface area contributed by atoms with Crippen molar-refractivity contribution in [1.29, 1.82) is 0 Å². The van der Waals surface area contributed by atoms with E-state index in [2.05, 4.69) is 5.16 Å². The molecular formula is C10H17N3O3S2. The van der Waals surface area contributed by atoms with Gasteiger partial charge >= 0.3 is 6.09 Å². The molecule has 0 aromatic rings. The molecule has 0 aromatic carbocycles. The Bertz CT molecular complexity index is 358. The maximum absolute atomic E-state index is 11.7. The van der Waals surface area contributed by atoms with E-state index in [-0.39, 0.29) is 11.8 Å². The van der Waals surface area contributed by atoms with Gasteiger partial charge in [-0.3, -0.25) is 13.9 Å². The molecule has 1 aliphatic carbocycles. The molecule has 0 aromatic heterocycles. The molecule has 1 rings (SSSR count). The summed E-state index contributed by atoms with van der Waals surface area (Å²) in [5, 5.41) is 4.29. The highest BCUT2D eigenvalue weighted by atomic mass is 32.2. The van der Waals surface area contributed by atoms with E-state index in [9.17, 15) is 9.59 Å². The molecule has 0 atom stereocenters. The van der Waals surface area contributed by atoms with Gasteiger partial charge in [-0.25, -0.2) is 9.10 Å². The highest BCUT2D eigenvalue weighted by Crippen LogP contribution is 2.32. The summed E-state index contributed by atoms with van der Waals surface area (Å²) in [6.07, 6.45) is 3.11. The molecule has 0 saturated heterocycles. The van der Waals surface area contributed by atoms with Crippen LogP contribution in [0.25, 0.3) is 0 Å². The van der Waals surface area contributed by atoms with Gasteiger partial charge < -0.3 is 0 Å². The summed E-state index contributed by atoms with van der Waals surface area (Å²) in [6.45, 7) is 1.74. The van der Waals surface area contributed by atoms with Crippen molar-refractivity contribution in [3.8, 4) is 0 Å². The minimum atomic E-state index is -0.608.